The summed E-state index contributed by atoms with van der Waals surface area (Å²) in [4.78, 5) is 22.3. The van der Waals surface area contributed by atoms with Crippen molar-refractivity contribution in [1.82, 2.24) is 0 Å². The Morgan fingerprint density at radius 2 is 2.42 bits per heavy atom. The largest absolute Gasteiger partial charge is 0.487 e. The van der Waals surface area contributed by atoms with Gasteiger partial charge in [0, 0.05) is 12.5 Å². The normalized spacial score (nSPS) is 28.3. The van der Waals surface area contributed by atoms with E-state index in [1.165, 1.54) is 12.3 Å². The van der Waals surface area contributed by atoms with E-state index >= 15 is 0 Å². The number of ketones is 2. The zero-order valence-corrected chi connectivity index (χ0v) is 7.29. The molecule has 0 spiro atoms. The van der Waals surface area contributed by atoms with Crippen molar-refractivity contribution in [2.24, 2.45) is 0 Å². The Kier molecular flexibility index (Phi) is 2.31. The molecule has 1 aliphatic heterocycles. The van der Waals surface area contributed by atoms with Crippen molar-refractivity contribution >= 4 is 11.6 Å². The third-order valence-corrected chi connectivity index (χ3v) is 2.00. The van der Waals surface area contributed by atoms with Crippen LogP contribution < -0.4 is 0 Å². The Bertz CT molecular complexity index is 242. The van der Waals surface area contributed by atoms with Gasteiger partial charge in [0.1, 0.15) is 0 Å². The fourth-order valence-corrected chi connectivity index (χ4v) is 1.23. The highest BCUT2D eigenvalue weighted by atomic mass is 16.5. The molecule has 0 fully saturated rings. The predicted octanol–water partition coefficient (Wildman–Crippen LogP) is 1.23. The monoisotopic (exact) mass is 168 g/mol. The SMILES string of the molecule is CCC(=O)[C@]1(C)CC(=O)C=CO1. The summed E-state index contributed by atoms with van der Waals surface area (Å²) in [7, 11) is 0. The number of hydrogen-bond acceptors (Lipinski definition) is 3. The maximum Gasteiger partial charge on any atom is 0.176 e. The third-order valence-electron chi connectivity index (χ3n) is 2.00. The summed E-state index contributed by atoms with van der Waals surface area (Å²) in [6.45, 7) is 3.42. The van der Waals surface area contributed by atoms with Gasteiger partial charge in [-0.2, -0.15) is 0 Å². The summed E-state index contributed by atoms with van der Waals surface area (Å²) >= 11 is 0. The van der Waals surface area contributed by atoms with Gasteiger partial charge in [0.2, 0.25) is 0 Å². The van der Waals surface area contributed by atoms with Crippen LogP contribution in [0.3, 0.4) is 0 Å². The van der Waals surface area contributed by atoms with Crippen molar-refractivity contribution in [2.45, 2.75) is 32.3 Å². The molecule has 0 radical (unpaired) electrons. The molecular formula is C9H12O3. The Balaban J connectivity index is 2.79. The lowest BCUT2D eigenvalue weighted by Crippen LogP contribution is -2.40. The summed E-state index contributed by atoms with van der Waals surface area (Å²) in [6.07, 6.45) is 3.22. The minimum Gasteiger partial charge on any atom is -0.487 e. The van der Waals surface area contributed by atoms with E-state index in [-0.39, 0.29) is 18.0 Å². The van der Waals surface area contributed by atoms with Gasteiger partial charge in [-0.1, -0.05) is 6.92 Å². The molecule has 1 aliphatic rings. The minimum absolute atomic E-state index is 0.0276. The first-order chi connectivity index (χ1) is 5.58. The highest BCUT2D eigenvalue weighted by Gasteiger charge is 2.36. The molecule has 3 heteroatoms. The topological polar surface area (TPSA) is 43.4 Å². The molecule has 1 atom stereocenters. The van der Waals surface area contributed by atoms with E-state index in [0.29, 0.717) is 6.42 Å². The Morgan fingerprint density at radius 1 is 1.75 bits per heavy atom. The number of hydrogen-bond donors (Lipinski definition) is 0. The van der Waals surface area contributed by atoms with Crippen LogP contribution in [-0.4, -0.2) is 17.2 Å². The van der Waals surface area contributed by atoms with E-state index in [9.17, 15) is 9.59 Å². The molecule has 0 aromatic rings. The summed E-state index contributed by atoms with van der Waals surface area (Å²) < 4.78 is 5.14. The molecule has 1 heterocycles. The number of ether oxygens (including phenoxy) is 1. The van der Waals surface area contributed by atoms with Gasteiger partial charge < -0.3 is 4.74 Å². The van der Waals surface area contributed by atoms with Crippen LogP contribution in [0.25, 0.3) is 0 Å². The summed E-state index contributed by atoms with van der Waals surface area (Å²) in [5.41, 5.74) is -0.916. The maximum absolute atomic E-state index is 11.3. The van der Waals surface area contributed by atoms with E-state index in [2.05, 4.69) is 0 Å². The average molecular weight is 168 g/mol. The van der Waals surface area contributed by atoms with Crippen LogP contribution in [-0.2, 0) is 14.3 Å². The van der Waals surface area contributed by atoms with Crippen molar-refractivity contribution < 1.29 is 14.3 Å². The summed E-state index contributed by atoms with van der Waals surface area (Å²) in [6, 6.07) is 0. The standard InChI is InChI=1S/C9H12O3/c1-3-8(11)9(2)6-7(10)4-5-12-9/h4-5H,3,6H2,1-2H3/t9-/m0/s1. The minimum atomic E-state index is -0.916. The molecule has 1 rings (SSSR count). The highest BCUT2D eigenvalue weighted by Crippen LogP contribution is 2.23. The van der Waals surface area contributed by atoms with Gasteiger partial charge in [-0.3, -0.25) is 9.59 Å². The second kappa shape index (κ2) is 3.09. The van der Waals surface area contributed by atoms with E-state index in [4.69, 9.17) is 4.74 Å². The van der Waals surface area contributed by atoms with Crippen molar-refractivity contribution in [2.75, 3.05) is 0 Å². The lowest BCUT2D eigenvalue weighted by atomic mass is 9.91. The molecule has 0 saturated carbocycles. The van der Waals surface area contributed by atoms with Crippen LogP contribution in [0.4, 0.5) is 0 Å². The van der Waals surface area contributed by atoms with Crippen LogP contribution in [0, 0.1) is 0 Å². The molecule has 0 N–H and O–H groups in total. The molecule has 66 valence electrons. The van der Waals surface area contributed by atoms with E-state index < -0.39 is 5.60 Å². The van der Waals surface area contributed by atoms with Crippen LogP contribution in [0.5, 0.6) is 0 Å². The maximum atomic E-state index is 11.3. The smallest absolute Gasteiger partial charge is 0.176 e. The first-order valence-electron chi connectivity index (χ1n) is 3.99. The second-order valence-electron chi connectivity index (χ2n) is 3.07. The van der Waals surface area contributed by atoms with Crippen molar-refractivity contribution in [3.8, 4) is 0 Å². The molecule has 0 saturated heterocycles. The molecule has 0 unspecified atom stereocenters. The summed E-state index contributed by atoms with van der Waals surface area (Å²) in [5, 5.41) is 0. The lowest BCUT2D eigenvalue weighted by Gasteiger charge is -2.28. The van der Waals surface area contributed by atoms with Gasteiger partial charge in [0.05, 0.1) is 12.7 Å². The number of allylic oxidation sites excluding steroid dienone is 1. The Hall–Kier alpha value is -1.12. The van der Waals surface area contributed by atoms with Gasteiger partial charge in [-0.15, -0.1) is 0 Å². The molecule has 0 aromatic heterocycles. The number of rotatable bonds is 2. The molecular weight excluding hydrogens is 156 g/mol. The van der Waals surface area contributed by atoms with E-state index in [0.717, 1.165) is 0 Å². The molecule has 3 nitrogen and oxygen atoms in total. The molecule has 12 heavy (non-hydrogen) atoms. The molecule has 0 amide bonds. The molecule has 0 aromatic carbocycles. The molecule has 0 aliphatic carbocycles. The van der Waals surface area contributed by atoms with Gasteiger partial charge in [0.25, 0.3) is 0 Å². The summed E-state index contributed by atoms with van der Waals surface area (Å²) in [5.74, 6) is -0.0780. The first kappa shape index (κ1) is 8.97. The average Bonchev–Trinajstić information content (AvgIpc) is 2.02. The lowest BCUT2D eigenvalue weighted by molar-refractivity contribution is -0.142. The van der Waals surface area contributed by atoms with Crippen LogP contribution in [0.15, 0.2) is 12.3 Å². The van der Waals surface area contributed by atoms with Gasteiger partial charge >= 0.3 is 0 Å². The van der Waals surface area contributed by atoms with Crippen LogP contribution in [0.2, 0.25) is 0 Å². The fourth-order valence-electron chi connectivity index (χ4n) is 1.23. The van der Waals surface area contributed by atoms with Crippen LogP contribution >= 0.6 is 0 Å². The predicted molar refractivity (Wildman–Crippen MR) is 43.6 cm³/mol. The van der Waals surface area contributed by atoms with Crippen LogP contribution in [0.1, 0.15) is 26.7 Å². The number of carbonyl (C=O) groups excluding carboxylic acids is 2. The van der Waals surface area contributed by atoms with Crippen molar-refractivity contribution in [3.05, 3.63) is 12.3 Å². The second-order valence-corrected chi connectivity index (χ2v) is 3.07. The Labute approximate surface area is 71.4 Å². The fraction of sp³-hybridized carbons (Fsp3) is 0.556. The number of carbonyl (C=O) groups is 2. The van der Waals surface area contributed by atoms with Gasteiger partial charge in [-0.25, -0.2) is 0 Å². The van der Waals surface area contributed by atoms with Crippen molar-refractivity contribution in [3.63, 3.8) is 0 Å². The van der Waals surface area contributed by atoms with E-state index in [1.807, 2.05) is 0 Å². The number of Topliss-reactive ketones (excluding diaryl/α,β-unsaturated/α-hetero) is 1. The highest BCUT2D eigenvalue weighted by molar-refractivity contribution is 5.98. The first-order valence-corrected chi connectivity index (χ1v) is 3.99. The quantitative estimate of drug-likeness (QED) is 0.622. The van der Waals surface area contributed by atoms with Gasteiger partial charge in [-0.05, 0) is 6.92 Å². The van der Waals surface area contributed by atoms with E-state index in [1.54, 1.807) is 13.8 Å². The zero-order valence-electron chi connectivity index (χ0n) is 7.29. The Morgan fingerprint density at radius 3 is 2.92 bits per heavy atom. The third kappa shape index (κ3) is 1.55. The van der Waals surface area contributed by atoms with Gasteiger partial charge in [0.15, 0.2) is 17.2 Å². The molecule has 0 bridgehead atoms. The zero-order chi connectivity index (χ0) is 9.19. The van der Waals surface area contributed by atoms with Crippen molar-refractivity contribution in [1.29, 1.82) is 0 Å².